The molecule has 25 heavy (non-hydrogen) atoms. The summed E-state index contributed by atoms with van der Waals surface area (Å²) in [5.74, 6) is 0. The molecule has 1 nitrogen and oxygen atoms in total. The Kier molecular flexibility index (Phi) is 4.85. The van der Waals surface area contributed by atoms with Crippen molar-refractivity contribution in [2.75, 3.05) is 5.73 Å². The summed E-state index contributed by atoms with van der Waals surface area (Å²) < 4.78 is 0. The lowest BCUT2D eigenvalue weighted by molar-refractivity contribution is 0.499. The maximum atomic E-state index is 6.81. The first-order chi connectivity index (χ1) is 11.2. The lowest BCUT2D eigenvalue weighted by Crippen LogP contribution is -2.29. The zero-order valence-electron chi connectivity index (χ0n) is 17.5. The molecular formula is C24H35N. The Morgan fingerprint density at radius 2 is 1.12 bits per heavy atom. The summed E-state index contributed by atoms with van der Waals surface area (Å²) in [6.07, 6.45) is 0. The second-order valence-electron chi connectivity index (χ2n) is 10.3. The number of hydrogen-bond donors (Lipinski definition) is 1. The number of anilines is 1. The molecule has 0 aliphatic heterocycles. The zero-order valence-corrected chi connectivity index (χ0v) is 17.5. The van der Waals surface area contributed by atoms with E-state index in [1.807, 2.05) is 0 Å². The molecule has 0 aromatic heterocycles. The van der Waals surface area contributed by atoms with Crippen LogP contribution in [0.4, 0.5) is 5.69 Å². The van der Waals surface area contributed by atoms with E-state index in [2.05, 4.69) is 98.7 Å². The molecule has 0 saturated heterocycles. The van der Waals surface area contributed by atoms with Crippen molar-refractivity contribution in [1.29, 1.82) is 0 Å². The van der Waals surface area contributed by atoms with Crippen molar-refractivity contribution in [3.63, 3.8) is 0 Å². The first-order valence-corrected chi connectivity index (χ1v) is 9.28. The van der Waals surface area contributed by atoms with E-state index in [0.717, 1.165) is 11.3 Å². The van der Waals surface area contributed by atoms with Gasteiger partial charge in [-0.3, -0.25) is 0 Å². The van der Waals surface area contributed by atoms with Crippen LogP contribution in [0.2, 0.25) is 0 Å². The SMILES string of the molecule is CC(C)(C)c1cc(-c2ccccc2)c(N)c(C(C)(C)C)c1C(C)(C)C. The van der Waals surface area contributed by atoms with Gasteiger partial charge in [-0.1, -0.05) is 92.6 Å². The summed E-state index contributed by atoms with van der Waals surface area (Å²) in [5, 5.41) is 0. The van der Waals surface area contributed by atoms with Crippen molar-refractivity contribution in [2.45, 2.75) is 78.6 Å². The molecule has 0 saturated carbocycles. The summed E-state index contributed by atoms with van der Waals surface area (Å²) in [5.41, 5.74) is 14.3. The van der Waals surface area contributed by atoms with Crippen LogP contribution in [0.25, 0.3) is 11.1 Å². The van der Waals surface area contributed by atoms with Crippen LogP contribution >= 0.6 is 0 Å². The first-order valence-electron chi connectivity index (χ1n) is 9.28. The highest BCUT2D eigenvalue weighted by Gasteiger charge is 2.34. The van der Waals surface area contributed by atoms with Gasteiger partial charge in [-0.15, -0.1) is 0 Å². The Balaban J connectivity index is 3.02. The predicted molar refractivity (Wildman–Crippen MR) is 112 cm³/mol. The molecule has 0 radical (unpaired) electrons. The maximum absolute atomic E-state index is 6.81. The third-order valence-electron chi connectivity index (χ3n) is 4.76. The minimum absolute atomic E-state index is 0.0164. The lowest BCUT2D eigenvalue weighted by Gasteiger charge is -2.38. The van der Waals surface area contributed by atoms with E-state index in [1.54, 1.807) is 0 Å². The second-order valence-corrected chi connectivity index (χ2v) is 10.3. The van der Waals surface area contributed by atoms with Crippen molar-refractivity contribution in [3.8, 4) is 11.1 Å². The van der Waals surface area contributed by atoms with Gasteiger partial charge in [0.25, 0.3) is 0 Å². The smallest absolute Gasteiger partial charge is 0.0434 e. The van der Waals surface area contributed by atoms with Gasteiger partial charge < -0.3 is 5.73 Å². The van der Waals surface area contributed by atoms with Crippen LogP contribution in [0.15, 0.2) is 36.4 Å². The minimum Gasteiger partial charge on any atom is -0.398 e. The van der Waals surface area contributed by atoms with Gasteiger partial charge in [0.1, 0.15) is 0 Å². The summed E-state index contributed by atoms with van der Waals surface area (Å²) in [4.78, 5) is 0. The van der Waals surface area contributed by atoms with Crippen LogP contribution in [-0.2, 0) is 16.2 Å². The Hall–Kier alpha value is -1.76. The van der Waals surface area contributed by atoms with Crippen LogP contribution < -0.4 is 5.73 Å². The highest BCUT2D eigenvalue weighted by atomic mass is 14.6. The third-order valence-corrected chi connectivity index (χ3v) is 4.76. The largest absolute Gasteiger partial charge is 0.398 e. The molecule has 2 aromatic carbocycles. The monoisotopic (exact) mass is 337 g/mol. The fourth-order valence-electron chi connectivity index (χ4n) is 3.70. The summed E-state index contributed by atoms with van der Waals surface area (Å²) >= 11 is 0. The van der Waals surface area contributed by atoms with E-state index in [9.17, 15) is 0 Å². The number of rotatable bonds is 1. The van der Waals surface area contributed by atoms with Gasteiger partial charge >= 0.3 is 0 Å². The van der Waals surface area contributed by atoms with Crippen LogP contribution in [0.5, 0.6) is 0 Å². The topological polar surface area (TPSA) is 26.0 Å². The molecule has 0 bridgehead atoms. The summed E-state index contributed by atoms with van der Waals surface area (Å²) in [6, 6.07) is 12.9. The molecular weight excluding hydrogens is 302 g/mol. The van der Waals surface area contributed by atoms with Gasteiger partial charge in [-0.2, -0.15) is 0 Å². The van der Waals surface area contributed by atoms with Crippen LogP contribution in [-0.4, -0.2) is 0 Å². The van der Waals surface area contributed by atoms with E-state index in [1.165, 1.54) is 22.3 Å². The number of benzene rings is 2. The van der Waals surface area contributed by atoms with E-state index in [0.29, 0.717) is 0 Å². The van der Waals surface area contributed by atoms with Crippen LogP contribution in [0.1, 0.15) is 79.0 Å². The highest BCUT2D eigenvalue weighted by molar-refractivity contribution is 5.82. The van der Waals surface area contributed by atoms with E-state index >= 15 is 0 Å². The molecule has 2 rings (SSSR count). The lowest BCUT2D eigenvalue weighted by atomic mass is 9.67. The quantitative estimate of drug-likeness (QED) is 0.567. The van der Waals surface area contributed by atoms with Gasteiger partial charge in [0, 0.05) is 11.3 Å². The highest BCUT2D eigenvalue weighted by Crippen LogP contribution is 2.47. The molecule has 0 unspecified atom stereocenters. The van der Waals surface area contributed by atoms with Gasteiger partial charge in [0.15, 0.2) is 0 Å². The fraction of sp³-hybridized carbons (Fsp3) is 0.500. The molecule has 0 amide bonds. The first kappa shape index (κ1) is 19.6. The van der Waals surface area contributed by atoms with Gasteiger partial charge in [-0.05, 0) is 44.6 Å². The molecule has 0 heterocycles. The summed E-state index contributed by atoms with van der Waals surface area (Å²) in [6.45, 7) is 20.6. The van der Waals surface area contributed by atoms with Crippen LogP contribution in [0, 0.1) is 0 Å². The molecule has 2 aromatic rings. The zero-order chi connectivity index (χ0) is 19.2. The number of hydrogen-bond acceptors (Lipinski definition) is 1. The molecule has 0 aliphatic rings. The van der Waals surface area contributed by atoms with Crippen LogP contribution in [0.3, 0.4) is 0 Å². The predicted octanol–water partition coefficient (Wildman–Crippen LogP) is 6.83. The van der Waals surface area contributed by atoms with E-state index in [-0.39, 0.29) is 16.2 Å². The van der Waals surface area contributed by atoms with Crippen molar-refractivity contribution in [2.24, 2.45) is 0 Å². The van der Waals surface area contributed by atoms with Gasteiger partial charge in [0.05, 0.1) is 0 Å². The summed E-state index contributed by atoms with van der Waals surface area (Å²) in [7, 11) is 0. The van der Waals surface area contributed by atoms with Crippen molar-refractivity contribution in [3.05, 3.63) is 53.1 Å². The Morgan fingerprint density at radius 1 is 0.640 bits per heavy atom. The molecule has 0 spiro atoms. The average molecular weight is 338 g/mol. The van der Waals surface area contributed by atoms with E-state index in [4.69, 9.17) is 5.73 Å². The molecule has 136 valence electrons. The number of nitrogen functional groups attached to an aromatic ring is 1. The van der Waals surface area contributed by atoms with Gasteiger partial charge in [0.2, 0.25) is 0 Å². The molecule has 0 atom stereocenters. The normalized spacial score (nSPS) is 13.2. The second kappa shape index (κ2) is 6.20. The van der Waals surface area contributed by atoms with E-state index < -0.39 is 0 Å². The number of nitrogens with two attached hydrogens (primary N) is 1. The van der Waals surface area contributed by atoms with Gasteiger partial charge in [-0.25, -0.2) is 0 Å². The molecule has 1 heteroatoms. The molecule has 0 aliphatic carbocycles. The van der Waals surface area contributed by atoms with Crippen molar-refractivity contribution in [1.82, 2.24) is 0 Å². The third kappa shape index (κ3) is 3.92. The average Bonchev–Trinajstić information content (AvgIpc) is 2.44. The Labute approximate surface area is 154 Å². The Bertz CT molecular complexity index is 748. The Morgan fingerprint density at radius 3 is 1.52 bits per heavy atom. The van der Waals surface area contributed by atoms with Crippen molar-refractivity contribution >= 4 is 5.69 Å². The molecule has 2 N–H and O–H groups in total. The molecule has 0 fully saturated rings. The maximum Gasteiger partial charge on any atom is 0.0434 e. The van der Waals surface area contributed by atoms with Crippen molar-refractivity contribution < 1.29 is 0 Å². The fourth-order valence-corrected chi connectivity index (χ4v) is 3.70. The minimum atomic E-state index is -0.0164. The standard InChI is InChI=1S/C24H35N/c1-22(2,3)18-15-17(16-13-11-10-12-14-16)21(25)20(24(7,8)9)19(18)23(4,5)6/h10-15H,25H2,1-9H3.